The standard InChI is InChI=1S/C12H11ClN4S/c1-7(10-2-3-11(13)18-10)17-12-8(5-14)4-9(15)6-16-12/h2-4,6-7H,15H2,1H3,(H,16,17). The third kappa shape index (κ3) is 2.73. The summed E-state index contributed by atoms with van der Waals surface area (Å²) in [5.41, 5.74) is 6.50. The number of anilines is 2. The van der Waals surface area contributed by atoms with Gasteiger partial charge in [-0.3, -0.25) is 0 Å². The molecular formula is C12H11ClN4S. The molecule has 2 rings (SSSR count). The molecule has 0 fully saturated rings. The van der Waals surface area contributed by atoms with E-state index in [0.717, 1.165) is 9.21 Å². The molecule has 4 nitrogen and oxygen atoms in total. The lowest BCUT2D eigenvalue weighted by atomic mass is 10.2. The van der Waals surface area contributed by atoms with Crippen molar-refractivity contribution in [1.29, 1.82) is 5.26 Å². The summed E-state index contributed by atoms with van der Waals surface area (Å²) in [4.78, 5) is 5.22. The number of hydrogen-bond donors (Lipinski definition) is 2. The number of aromatic nitrogens is 1. The molecular weight excluding hydrogens is 268 g/mol. The van der Waals surface area contributed by atoms with Gasteiger partial charge in [-0.25, -0.2) is 4.98 Å². The van der Waals surface area contributed by atoms with Crippen molar-refractivity contribution in [3.05, 3.63) is 39.2 Å². The third-order valence-electron chi connectivity index (χ3n) is 2.40. The fourth-order valence-corrected chi connectivity index (χ4v) is 2.58. The predicted molar refractivity (Wildman–Crippen MR) is 74.7 cm³/mol. The molecule has 0 aliphatic rings. The molecule has 0 saturated heterocycles. The highest BCUT2D eigenvalue weighted by molar-refractivity contribution is 7.16. The second kappa shape index (κ2) is 5.25. The van der Waals surface area contributed by atoms with Crippen LogP contribution in [0.15, 0.2) is 24.4 Å². The van der Waals surface area contributed by atoms with Gasteiger partial charge in [0.25, 0.3) is 0 Å². The molecule has 0 aliphatic heterocycles. The summed E-state index contributed by atoms with van der Waals surface area (Å²) in [7, 11) is 0. The van der Waals surface area contributed by atoms with E-state index in [2.05, 4.69) is 16.4 Å². The Bertz CT molecular complexity index is 602. The number of rotatable bonds is 3. The monoisotopic (exact) mass is 278 g/mol. The topological polar surface area (TPSA) is 74.7 Å². The largest absolute Gasteiger partial charge is 0.397 e. The van der Waals surface area contributed by atoms with Crippen LogP contribution in [0.1, 0.15) is 23.4 Å². The number of nitrogens with one attached hydrogen (secondary N) is 1. The smallest absolute Gasteiger partial charge is 0.144 e. The number of pyridine rings is 1. The van der Waals surface area contributed by atoms with Crippen molar-refractivity contribution < 1.29 is 0 Å². The number of nitriles is 1. The van der Waals surface area contributed by atoms with Crippen LogP contribution < -0.4 is 11.1 Å². The minimum Gasteiger partial charge on any atom is -0.397 e. The van der Waals surface area contributed by atoms with Crippen molar-refractivity contribution in [1.82, 2.24) is 4.98 Å². The zero-order chi connectivity index (χ0) is 13.1. The molecule has 6 heteroatoms. The van der Waals surface area contributed by atoms with Gasteiger partial charge in [-0.2, -0.15) is 5.26 Å². The summed E-state index contributed by atoms with van der Waals surface area (Å²) >= 11 is 7.39. The number of thiophene rings is 1. The first-order valence-electron chi connectivity index (χ1n) is 5.27. The molecule has 0 aromatic carbocycles. The van der Waals surface area contributed by atoms with Gasteiger partial charge in [-0.15, -0.1) is 11.3 Å². The van der Waals surface area contributed by atoms with E-state index >= 15 is 0 Å². The van der Waals surface area contributed by atoms with Gasteiger partial charge in [-0.1, -0.05) is 11.6 Å². The fourth-order valence-electron chi connectivity index (χ4n) is 1.52. The first-order valence-corrected chi connectivity index (χ1v) is 6.47. The van der Waals surface area contributed by atoms with E-state index in [-0.39, 0.29) is 6.04 Å². The van der Waals surface area contributed by atoms with Gasteiger partial charge in [0, 0.05) is 4.88 Å². The molecule has 1 atom stereocenters. The van der Waals surface area contributed by atoms with Crippen LogP contribution >= 0.6 is 22.9 Å². The van der Waals surface area contributed by atoms with Crippen LogP contribution in [0.3, 0.4) is 0 Å². The number of nitrogens with zero attached hydrogens (tertiary/aromatic N) is 2. The zero-order valence-electron chi connectivity index (χ0n) is 9.64. The highest BCUT2D eigenvalue weighted by Crippen LogP contribution is 2.29. The molecule has 0 amide bonds. The molecule has 0 saturated carbocycles. The first kappa shape index (κ1) is 12.7. The van der Waals surface area contributed by atoms with Crippen molar-refractivity contribution >= 4 is 34.4 Å². The van der Waals surface area contributed by atoms with Gasteiger partial charge in [-0.05, 0) is 25.1 Å². The van der Waals surface area contributed by atoms with E-state index in [0.29, 0.717) is 17.1 Å². The maximum Gasteiger partial charge on any atom is 0.144 e. The van der Waals surface area contributed by atoms with E-state index in [1.807, 2.05) is 19.1 Å². The van der Waals surface area contributed by atoms with Gasteiger partial charge in [0.05, 0.1) is 27.8 Å². The molecule has 18 heavy (non-hydrogen) atoms. The first-order chi connectivity index (χ1) is 8.60. The summed E-state index contributed by atoms with van der Waals surface area (Å²) < 4.78 is 0.740. The lowest BCUT2D eigenvalue weighted by Gasteiger charge is -2.13. The summed E-state index contributed by atoms with van der Waals surface area (Å²) in [6.45, 7) is 1.99. The van der Waals surface area contributed by atoms with E-state index in [1.54, 1.807) is 6.07 Å². The van der Waals surface area contributed by atoms with Crippen LogP contribution in [-0.2, 0) is 0 Å². The Morgan fingerprint density at radius 3 is 2.94 bits per heavy atom. The van der Waals surface area contributed by atoms with Crippen molar-refractivity contribution in [3.8, 4) is 6.07 Å². The number of nitrogens with two attached hydrogens (primary N) is 1. The molecule has 0 radical (unpaired) electrons. The molecule has 2 heterocycles. The zero-order valence-corrected chi connectivity index (χ0v) is 11.2. The fraction of sp³-hybridized carbons (Fsp3) is 0.167. The Balaban J connectivity index is 2.22. The van der Waals surface area contributed by atoms with Gasteiger partial charge >= 0.3 is 0 Å². The molecule has 2 aromatic rings. The van der Waals surface area contributed by atoms with Gasteiger partial charge in [0.2, 0.25) is 0 Å². The van der Waals surface area contributed by atoms with Crippen molar-refractivity contribution in [2.75, 3.05) is 11.1 Å². The highest BCUT2D eigenvalue weighted by atomic mass is 35.5. The van der Waals surface area contributed by atoms with Crippen LogP contribution in [-0.4, -0.2) is 4.98 Å². The second-order valence-electron chi connectivity index (χ2n) is 3.78. The highest BCUT2D eigenvalue weighted by Gasteiger charge is 2.11. The number of nitrogen functional groups attached to an aromatic ring is 1. The van der Waals surface area contributed by atoms with Crippen LogP contribution in [0.4, 0.5) is 11.5 Å². The molecule has 2 aromatic heterocycles. The Labute approximate surface area is 114 Å². The van der Waals surface area contributed by atoms with E-state index < -0.39 is 0 Å². The van der Waals surface area contributed by atoms with Crippen LogP contribution in [0, 0.1) is 11.3 Å². The molecule has 1 unspecified atom stereocenters. The average Bonchev–Trinajstić information content (AvgIpc) is 2.78. The molecule has 0 bridgehead atoms. The third-order valence-corrected chi connectivity index (χ3v) is 3.82. The molecule has 92 valence electrons. The Hall–Kier alpha value is -1.77. The average molecular weight is 279 g/mol. The predicted octanol–water partition coefficient (Wildman–Crippen LogP) is 3.42. The Morgan fingerprint density at radius 1 is 1.56 bits per heavy atom. The quantitative estimate of drug-likeness (QED) is 0.902. The van der Waals surface area contributed by atoms with Crippen molar-refractivity contribution in [2.24, 2.45) is 0 Å². The molecule has 3 N–H and O–H groups in total. The SMILES string of the molecule is CC(Nc1ncc(N)cc1C#N)c1ccc(Cl)s1. The lowest BCUT2D eigenvalue weighted by molar-refractivity contribution is 0.895. The van der Waals surface area contributed by atoms with E-state index in [1.165, 1.54) is 17.5 Å². The summed E-state index contributed by atoms with van der Waals surface area (Å²) in [5.74, 6) is 0.531. The number of hydrogen-bond acceptors (Lipinski definition) is 5. The lowest BCUT2D eigenvalue weighted by Crippen LogP contribution is -2.08. The maximum atomic E-state index is 9.03. The normalized spacial score (nSPS) is 11.8. The van der Waals surface area contributed by atoms with Crippen molar-refractivity contribution in [2.45, 2.75) is 13.0 Å². The minimum atomic E-state index is 0.0331. The van der Waals surface area contributed by atoms with Crippen molar-refractivity contribution in [3.63, 3.8) is 0 Å². The van der Waals surface area contributed by atoms with Gasteiger partial charge < -0.3 is 11.1 Å². The summed E-state index contributed by atoms with van der Waals surface area (Å²) in [6, 6.07) is 7.51. The molecule has 0 spiro atoms. The number of halogens is 1. The van der Waals surface area contributed by atoms with E-state index in [9.17, 15) is 0 Å². The van der Waals surface area contributed by atoms with Gasteiger partial charge in [0.1, 0.15) is 11.9 Å². The second-order valence-corrected chi connectivity index (χ2v) is 5.53. The summed E-state index contributed by atoms with van der Waals surface area (Å²) in [5, 5.41) is 12.2. The minimum absolute atomic E-state index is 0.0331. The Morgan fingerprint density at radius 2 is 2.33 bits per heavy atom. The van der Waals surface area contributed by atoms with Crippen LogP contribution in [0.25, 0.3) is 0 Å². The van der Waals surface area contributed by atoms with Crippen LogP contribution in [0.2, 0.25) is 4.34 Å². The van der Waals surface area contributed by atoms with E-state index in [4.69, 9.17) is 22.6 Å². The van der Waals surface area contributed by atoms with Crippen LogP contribution in [0.5, 0.6) is 0 Å². The summed E-state index contributed by atoms with van der Waals surface area (Å²) in [6.07, 6.45) is 1.53. The molecule has 0 aliphatic carbocycles. The van der Waals surface area contributed by atoms with Gasteiger partial charge in [0.15, 0.2) is 0 Å². The maximum absolute atomic E-state index is 9.03. The Kier molecular flexibility index (Phi) is 3.70.